The highest BCUT2D eigenvalue weighted by atomic mass is 16.4. The standard InChI is InChI=1S/C20H20N4O4/c1-11(10-25)22-20(26)19-18(15-6-7-21-9-17(15)28-19)23-13-3-4-14-12(8-13)2-5-16(14)24-27/h3-4,6-9,11,23,25,27H,2,5,10H2,1H3,(H,22,26)/b24-16+/t11-/m1/s1. The summed E-state index contributed by atoms with van der Waals surface area (Å²) in [5, 5.41) is 28.4. The normalized spacial score (nSPS) is 15.6. The van der Waals surface area contributed by atoms with Gasteiger partial charge in [-0.05, 0) is 43.5 Å². The first-order valence-corrected chi connectivity index (χ1v) is 9.00. The average molecular weight is 380 g/mol. The van der Waals surface area contributed by atoms with E-state index in [1.54, 1.807) is 25.4 Å². The minimum Gasteiger partial charge on any atom is -0.447 e. The van der Waals surface area contributed by atoms with Crippen LogP contribution < -0.4 is 10.6 Å². The van der Waals surface area contributed by atoms with E-state index in [-0.39, 0.29) is 12.4 Å². The molecule has 0 aliphatic heterocycles. The highest BCUT2D eigenvalue weighted by Gasteiger charge is 2.23. The summed E-state index contributed by atoms with van der Waals surface area (Å²) in [5.41, 5.74) is 4.51. The number of nitrogens with zero attached hydrogens (tertiary/aromatic N) is 2. The number of carbonyl (C=O) groups is 1. The summed E-state index contributed by atoms with van der Waals surface area (Å²) >= 11 is 0. The SMILES string of the molecule is C[C@H](CO)NC(=O)c1oc2cnccc2c1Nc1ccc2c(c1)CC/C2=N\O. The Bertz CT molecular complexity index is 1070. The van der Waals surface area contributed by atoms with Crippen molar-refractivity contribution in [1.82, 2.24) is 10.3 Å². The third-order valence-corrected chi connectivity index (χ3v) is 4.79. The fraction of sp³-hybridized carbons (Fsp3) is 0.250. The first-order chi connectivity index (χ1) is 13.6. The smallest absolute Gasteiger partial charge is 0.289 e. The van der Waals surface area contributed by atoms with Crippen molar-refractivity contribution in [3.8, 4) is 0 Å². The van der Waals surface area contributed by atoms with Gasteiger partial charge in [0.25, 0.3) is 5.91 Å². The summed E-state index contributed by atoms with van der Waals surface area (Å²) in [5.74, 6) is -0.294. The number of aryl methyl sites for hydroxylation is 1. The molecule has 0 saturated carbocycles. The van der Waals surface area contributed by atoms with Gasteiger partial charge >= 0.3 is 0 Å². The third kappa shape index (κ3) is 3.18. The number of hydrogen-bond donors (Lipinski definition) is 4. The molecule has 8 nitrogen and oxygen atoms in total. The van der Waals surface area contributed by atoms with Gasteiger partial charge in [-0.15, -0.1) is 0 Å². The van der Waals surface area contributed by atoms with Crippen LogP contribution in [0.15, 0.2) is 46.2 Å². The van der Waals surface area contributed by atoms with E-state index in [2.05, 4.69) is 20.8 Å². The van der Waals surface area contributed by atoms with Crippen molar-refractivity contribution in [2.24, 2.45) is 5.16 Å². The summed E-state index contributed by atoms with van der Waals surface area (Å²) in [4.78, 5) is 16.7. The second kappa shape index (κ2) is 7.32. The van der Waals surface area contributed by atoms with Crippen molar-refractivity contribution in [2.45, 2.75) is 25.8 Å². The molecule has 0 radical (unpaired) electrons. The van der Waals surface area contributed by atoms with Gasteiger partial charge in [-0.2, -0.15) is 0 Å². The first-order valence-electron chi connectivity index (χ1n) is 9.00. The van der Waals surface area contributed by atoms with Crippen LogP contribution in [-0.2, 0) is 6.42 Å². The second-order valence-electron chi connectivity index (χ2n) is 6.78. The summed E-state index contributed by atoms with van der Waals surface area (Å²) in [6, 6.07) is 7.12. The zero-order valence-electron chi connectivity index (χ0n) is 15.3. The van der Waals surface area contributed by atoms with Crippen molar-refractivity contribution >= 4 is 34.0 Å². The number of fused-ring (bicyclic) bond motifs is 2. The van der Waals surface area contributed by atoms with Gasteiger partial charge in [0.1, 0.15) is 0 Å². The number of aliphatic hydroxyl groups excluding tert-OH is 1. The van der Waals surface area contributed by atoms with Gasteiger partial charge in [0.15, 0.2) is 5.58 Å². The lowest BCUT2D eigenvalue weighted by molar-refractivity contribution is 0.0897. The molecule has 1 aromatic carbocycles. The van der Waals surface area contributed by atoms with E-state index < -0.39 is 11.9 Å². The lowest BCUT2D eigenvalue weighted by Crippen LogP contribution is -2.35. The zero-order chi connectivity index (χ0) is 19.7. The van der Waals surface area contributed by atoms with Crippen molar-refractivity contribution in [2.75, 3.05) is 11.9 Å². The second-order valence-corrected chi connectivity index (χ2v) is 6.78. The third-order valence-electron chi connectivity index (χ3n) is 4.79. The fourth-order valence-corrected chi connectivity index (χ4v) is 3.37. The van der Waals surface area contributed by atoms with E-state index in [1.807, 2.05) is 18.2 Å². The number of oxime groups is 1. The van der Waals surface area contributed by atoms with Crippen LogP contribution in [-0.4, -0.2) is 39.6 Å². The van der Waals surface area contributed by atoms with Crippen molar-refractivity contribution in [3.05, 3.63) is 53.5 Å². The highest BCUT2D eigenvalue weighted by molar-refractivity contribution is 6.08. The summed E-state index contributed by atoms with van der Waals surface area (Å²) in [6.07, 6.45) is 4.68. The Kier molecular flexibility index (Phi) is 4.70. The molecule has 0 fully saturated rings. The molecule has 0 unspecified atom stereocenters. The number of amides is 1. The predicted molar refractivity (Wildman–Crippen MR) is 104 cm³/mol. The zero-order valence-corrected chi connectivity index (χ0v) is 15.3. The Hall–Kier alpha value is -3.39. The Morgan fingerprint density at radius 2 is 2.21 bits per heavy atom. The monoisotopic (exact) mass is 380 g/mol. The molecule has 3 aromatic rings. The van der Waals surface area contributed by atoms with E-state index in [1.165, 1.54) is 0 Å². The number of aliphatic hydroxyl groups is 1. The number of pyridine rings is 1. The van der Waals surface area contributed by atoms with Gasteiger partial charge in [-0.1, -0.05) is 11.2 Å². The van der Waals surface area contributed by atoms with Crippen molar-refractivity contribution in [1.29, 1.82) is 0 Å². The predicted octanol–water partition coefficient (Wildman–Crippen LogP) is 2.81. The minimum absolute atomic E-state index is 0.126. The molecule has 0 saturated heterocycles. The number of furan rings is 1. The van der Waals surface area contributed by atoms with E-state index in [0.29, 0.717) is 23.4 Å². The molecular formula is C20H20N4O4. The van der Waals surface area contributed by atoms with Crippen LogP contribution in [0.3, 0.4) is 0 Å². The number of rotatable bonds is 5. The topological polar surface area (TPSA) is 120 Å². The van der Waals surface area contributed by atoms with Crippen LogP contribution in [0.25, 0.3) is 11.0 Å². The molecule has 0 bridgehead atoms. The van der Waals surface area contributed by atoms with Crippen LogP contribution in [0.5, 0.6) is 0 Å². The number of benzene rings is 1. The van der Waals surface area contributed by atoms with Crippen LogP contribution in [0, 0.1) is 0 Å². The molecule has 2 aromatic heterocycles. The highest BCUT2D eigenvalue weighted by Crippen LogP contribution is 2.34. The maximum atomic E-state index is 12.6. The van der Waals surface area contributed by atoms with Crippen LogP contribution in [0.4, 0.5) is 11.4 Å². The van der Waals surface area contributed by atoms with Gasteiger partial charge in [0.05, 0.1) is 24.2 Å². The Balaban J connectivity index is 1.72. The molecule has 1 aliphatic rings. The van der Waals surface area contributed by atoms with Gasteiger partial charge in [0.2, 0.25) is 5.76 Å². The van der Waals surface area contributed by atoms with Crippen LogP contribution >= 0.6 is 0 Å². The molecule has 1 atom stereocenters. The largest absolute Gasteiger partial charge is 0.447 e. The Morgan fingerprint density at radius 3 is 3.00 bits per heavy atom. The van der Waals surface area contributed by atoms with Crippen molar-refractivity contribution in [3.63, 3.8) is 0 Å². The first kappa shape index (κ1) is 18.0. The number of hydrogen-bond acceptors (Lipinski definition) is 7. The summed E-state index contributed by atoms with van der Waals surface area (Å²) < 4.78 is 5.73. The molecule has 8 heteroatoms. The van der Waals surface area contributed by atoms with Gasteiger partial charge in [-0.25, -0.2) is 0 Å². The van der Waals surface area contributed by atoms with Crippen LogP contribution in [0.1, 0.15) is 35.0 Å². The summed E-state index contributed by atoms with van der Waals surface area (Å²) in [6.45, 7) is 1.53. The average Bonchev–Trinajstić information content (AvgIpc) is 3.29. The van der Waals surface area contributed by atoms with E-state index in [4.69, 9.17) is 9.62 Å². The molecule has 4 N–H and O–H groups in total. The molecular weight excluding hydrogens is 360 g/mol. The van der Waals surface area contributed by atoms with Crippen LogP contribution in [0.2, 0.25) is 0 Å². The molecule has 1 amide bonds. The Morgan fingerprint density at radius 1 is 1.36 bits per heavy atom. The maximum absolute atomic E-state index is 12.6. The van der Waals surface area contributed by atoms with E-state index in [9.17, 15) is 9.90 Å². The Labute approximate surface area is 160 Å². The molecule has 0 spiro atoms. The van der Waals surface area contributed by atoms with E-state index >= 15 is 0 Å². The lowest BCUT2D eigenvalue weighted by Gasteiger charge is -2.12. The van der Waals surface area contributed by atoms with E-state index in [0.717, 1.165) is 28.6 Å². The number of anilines is 2. The maximum Gasteiger partial charge on any atom is 0.289 e. The quantitative estimate of drug-likeness (QED) is 0.399. The molecule has 4 rings (SSSR count). The van der Waals surface area contributed by atoms with Gasteiger partial charge in [-0.3, -0.25) is 9.78 Å². The molecule has 1 aliphatic carbocycles. The number of aromatic nitrogens is 1. The van der Waals surface area contributed by atoms with Gasteiger partial charge in [0, 0.05) is 28.9 Å². The minimum atomic E-state index is -0.420. The van der Waals surface area contributed by atoms with Gasteiger partial charge < -0.3 is 25.4 Å². The number of nitrogens with one attached hydrogen (secondary N) is 2. The lowest BCUT2D eigenvalue weighted by atomic mass is 10.1. The summed E-state index contributed by atoms with van der Waals surface area (Å²) in [7, 11) is 0. The molecule has 144 valence electrons. The van der Waals surface area contributed by atoms with Crippen molar-refractivity contribution < 1.29 is 19.5 Å². The molecule has 2 heterocycles. The fourth-order valence-electron chi connectivity index (χ4n) is 3.37. The molecule has 28 heavy (non-hydrogen) atoms. The number of carbonyl (C=O) groups excluding carboxylic acids is 1.